The Morgan fingerprint density at radius 2 is 1.95 bits per heavy atom. The average molecular weight is 319 g/mol. The van der Waals surface area contributed by atoms with Crippen LogP contribution < -0.4 is 5.32 Å². The van der Waals surface area contributed by atoms with Gasteiger partial charge in [0, 0.05) is 38.1 Å². The number of carbonyl (C=O) groups excluding carboxylic acids is 2. The van der Waals surface area contributed by atoms with E-state index in [9.17, 15) is 9.59 Å². The van der Waals surface area contributed by atoms with Gasteiger partial charge in [-0.15, -0.1) is 11.8 Å². The molecule has 1 unspecified atom stereocenters. The van der Waals surface area contributed by atoms with Gasteiger partial charge in [-0.05, 0) is 18.1 Å². The molecule has 1 fully saturated rings. The van der Waals surface area contributed by atoms with Crippen molar-refractivity contribution in [1.29, 1.82) is 0 Å². The molecule has 5 nitrogen and oxygen atoms in total. The highest BCUT2D eigenvalue weighted by atomic mass is 32.2. The van der Waals surface area contributed by atoms with Crippen LogP contribution in [-0.2, 0) is 16.0 Å². The number of nitrogens with zero attached hydrogens (tertiary/aromatic N) is 2. The van der Waals surface area contributed by atoms with Crippen LogP contribution >= 0.6 is 11.8 Å². The van der Waals surface area contributed by atoms with Crippen LogP contribution in [-0.4, -0.2) is 66.6 Å². The lowest BCUT2D eigenvalue weighted by atomic mass is 10.1. The Morgan fingerprint density at radius 1 is 1.23 bits per heavy atom. The van der Waals surface area contributed by atoms with Gasteiger partial charge < -0.3 is 10.2 Å². The summed E-state index contributed by atoms with van der Waals surface area (Å²) in [6, 6.07) is 8.26. The van der Waals surface area contributed by atoms with Crippen molar-refractivity contribution in [3.8, 4) is 0 Å². The first-order chi connectivity index (χ1) is 10.7. The highest BCUT2D eigenvalue weighted by molar-refractivity contribution is 8.01. The van der Waals surface area contributed by atoms with Crippen molar-refractivity contribution in [2.45, 2.75) is 16.6 Å². The second kappa shape index (κ2) is 6.71. The number of amides is 2. The summed E-state index contributed by atoms with van der Waals surface area (Å²) in [5, 5.41) is 2.65. The van der Waals surface area contributed by atoms with Crippen molar-refractivity contribution in [2.24, 2.45) is 0 Å². The lowest BCUT2D eigenvalue weighted by Gasteiger charge is -2.35. The van der Waals surface area contributed by atoms with E-state index in [1.807, 2.05) is 17.0 Å². The molecule has 0 bridgehead atoms. The van der Waals surface area contributed by atoms with Gasteiger partial charge in [-0.3, -0.25) is 14.5 Å². The first kappa shape index (κ1) is 15.4. The Kier molecular flexibility index (Phi) is 4.69. The highest BCUT2D eigenvalue weighted by Crippen LogP contribution is 2.37. The molecule has 2 heterocycles. The Bertz CT molecular complexity index is 545. The molecule has 6 heteroatoms. The molecule has 0 spiro atoms. The standard InChI is InChI=1S/C16H21N3O2S/c1-17-15(20)11-18-6-8-19(9-7-18)16(21)14-10-12-4-2-3-5-13(12)22-14/h2-5,14H,6-11H2,1H3,(H,17,20). The summed E-state index contributed by atoms with van der Waals surface area (Å²) in [4.78, 5) is 29.3. The minimum absolute atomic E-state index is 0.0166. The first-order valence-electron chi connectivity index (χ1n) is 7.63. The molecule has 1 saturated heterocycles. The number of thioether (sulfide) groups is 1. The number of nitrogens with one attached hydrogen (secondary N) is 1. The quantitative estimate of drug-likeness (QED) is 0.886. The summed E-state index contributed by atoms with van der Waals surface area (Å²) in [6.45, 7) is 3.38. The van der Waals surface area contributed by atoms with Crippen LogP contribution in [0.5, 0.6) is 0 Å². The Labute approximate surface area is 135 Å². The zero-order chi connectivity index (χ0) is 15.5. The molecule has 0 aromatic heterocycles. The van der Waals surface area contributed by atoms with E-state index in [1.165, 1.54) is 10.5 Å². The van der Waals surface area contributed by atoms with Crippen LogP contribution in [0.4, 0.5) is 0 Å². The Hall–Kier alpha value is -1.53. The maximum atomic E-state index is 12.7. The third kappa shape index (κ3) is 3.28. The summed E-state index contributed by atoms with van der Waals surface area (Å²) in [7, 11) is 1.65. The van der Waals surface area contributed by atoms with E-state index < -0.39 is 0 Å². The van der Waals surface area contributed by atoms with Crippen molar-refractivity contribution in [2.75, 3.05) is 39.8 Å². The summed E-state index contributed by atoms with van der Waals surface area (Å²) < 4.78 is 0. The van der Waals surface area contributed by atoms with Gasteiger partial charge >= 0.3 is 0 Å². The van der Waals surface area contributed by atoms with E-state index in [4.69, 9.17) is 0 Å². The molecule has 2 amide bonds. The van der Waals surface area contributed by atoms with E-state index in [0.29, 0.717) is 19.6 Å². The topological polar surface area (TPSA) is 52.7 Å². The zero-order valence-electron chi connectivity index (χ0n) is 12.7. The molecule has 2 aliphatic heterocycles. The van der Waals surface area contributed by atoms with Crippen LogP contribution in [0.1, 0.15) is 5.56 Å². The Morgan fingerprint density at radius 3 is 2.64 bits per heavy atom. The fourth-order valence-corrected chi connectivity index (χ4v) is 4.21. The number of benzene rings is 1. The SMILES string of the molecule is CNC(=O)CN1CCN(C(=O)C2Cc3ccccc3S2)CC1. The number of fused-ring (bicyclic) bond motifs is 1. The van der Waals surface area contributed by atoms with E-state index in [-0.39, 0.29) is 17.1 Å². The van der Waals surface area contributed by atoms with E-state index >= 15 is 0 Å². The summed E-state index contributed by atoms with van der Waals surface area (Å²) in [5.41, 5.74) is 1.28. The molecular formula is C16H21N3O2S. The largest absolute Gasteiger partial charge is 0.358 e. The van der Waals surface area contributed by atoms with Crippen molar-refractivity contribution in [3.05, 3.63) is 29.8 Å². The summed E-state index contributed by atoms with van der Waals surface area (Å²) >= 11 is 1.68. The van der Waals surface area contributed by atoms with E-state index in [2.05, 4.69) is 22.3 Å². The predicted octanol–water partition coefficient (Wildman–Crippen LogP) is 0.594. The van der Waals surface area contributed by atoms with Gasteiger partial charge in [0.2, 0.25) is 11.8 Å². The van der Waals surface area contributed by atoms with Crippen molar-refractivity contribution >= 4 is 23.6 Å². The van der Waals surface area contributed by atoms with Gasteiger partial charge in [0.1, 0.15) is 0 Å². The number of hydrogen-bond donors (Lipinski definition) is 1. The van der Waals surface area contributed by atoms with Gasteiger partial charge in [-0.1, -0.05) is 18.2 Å². The number of piperazine rings is 1. The maximum Gasteiger partial charge on any atom is 0.236 e. The Balaban J connectivity index is 1.52. The molecule has 0 radical (unpaired) electrons. The predicted molar refractivity (Wildman–Crippen MR) is 86.9 cm³/mol. The average Bonchev–Trinajstić information content (AvgIpc) is 2.98. The molecule has 22 heavy (non-hydrogen) atoms. The van der Waals surface area contributed by atoms with Gasteiger partial charge in [0.15, 0.2) is 0 Å². The molecule has 0 aliphatic carbocycles. The first-order valence-corrected chi connectivity index (χ1v) is 8.51. The maximum absolute atomic E-state index is 12.7. The number of hydrogen-bond acceptors (Lipinski definition) is 4. The van der Waals surface area contributed by atoms with Crippen LogP contribution in [0.3, 0.4) is 0 Å². The van der Waals surface area contributed by atoms with Gasteiger partial charge in [-0.25, -0.2) is 0 Å². The minimum atomic E-state index is 0.0166. The van der Waals surface area contributed by atoms with Gasteiger partial charge in [0.05, 0.1) is 11.8 Å². The highest BCUT2D eigenvalue weighted by Gasteiger charge is 2.32. The van der Waals surface area contributed by atoms with E-state index in [1.54, 1.807) is 18.8 Å². The van der Waals surface area contributed by atoms with Crippen molar-refractivity contribution in [3.63, 3.8) is 0 Å². The van der Waals surface area contributed by atoms with Crippen LogP contribution in [0.25, 0.3) is 0 Å². The molecule has 2 aliphatic rings. The lowest BCUT2D eigenvalue weighted by Crippen LogP contribution is -2.52. The van der Waals surface area contributed by atoms with Crippen molar-refractivity contribution in [1.82, 2.24) is 15.1 Å². The molecule has 1 aromatic carbocycles. The second-order valence-electron chi connectivity index (χ2n) is 5.69. The monoisotopic (exact) mass is 319 g/mol. The molecule has 0 saturated carbocycles. The number of rotatable bonds is 3. The second-order valence-corrected chi connectivity index (χ2v) is 6.94. The molecule has 1 N–H and O–H groups in total. The molecule has 118 valence electrons. The van der Waals surface area contributed by atoms with Crippen LogP contribution in [0, 0.1) is 0 Å². The molecular weight excluding hydrogens is 298 g/mol. The minimum Gasteiger partial charge on any atom is -0.358 e. The third-order valence-corrected chi connectivity index (χ3v) is 5.56. The molecule has 1 aromatic rings. The zero-order valence-corrected chi connectivity index (χ0v) is 13.6. The number of carbonyl (C=O) groups is 2. The molecule has 1 atom stereocenters. The van der Waals surface area contributed by atoms with E-state index in [0.717, 1.165) is 19.5 Å². The lowest BCUT2D eigenvalue weighted by molar-refractivity contribution is -0.132. The number of likely N-dealkylation sites (N-methyl/N-ethyl adjacent to an activating group) is 1. The van der Waals surface area contributed by atoms with Crippen LogP contribution in [0.15, 0.2) is 29.2 Å². The van der Waals surface area contributed by atoms with Gasteiger partial charge in [0.25, 0.3) is 0 Å². The fraction of sp³-hybridized carbons (Fsp3) is 0.500. The van der Waals surface area contributed by atoms with Gasteiger partial charge in [-0.2, -0.15) is 0 Å². The summed E-state index contributed by atoms with van der Waals surface area (Å²) in [6.07, 6.45) is 0.831. The van der Waals surface area contributed by atoms with Crippen molar-refractivity contribution < 1.29 is 9.59 Å². The molecule has 3 rings (SSSR count). The van der Waals surface area contributed by atoms with Crippen LogP contribution in [0.2, 0.25) is 0 Å². The summed E-state index contributed by atoms with van der Waals surface area (Å²) in [5.74, 6) is 0.266. The fourth-order valence-electron chi connectivity index (χ4n) is 2.93. The third-order valence-electron chi connectivity index (χ3n) is 4.25. The normalized spacial score (nSPS) is 21.5. The smallest absolute Gasteiger partial charge is 0.236 e.